The molecule has 7 N–H and O–H groups in total. The summed E-state index contributed by atoms with van der Waals surface area (Å²) in [7, 11) is 0. The van der Waals surface area contributed by atoms with E-state index in [0.29, 0.717) is 17.2 Å². The molecular weight excluding hydrogens is 1210 g/mol. The van der Waals surface area contributed by atoms with Crippen molar-refractivity contribution in [3.05, 3.63) is 156 Å². The Kier molecular flexibility index (Phi) is 35.4. The molecule has 3 fully saturated rings. The van der Waals surface area contributed by atoms with Crippen LogP contribution in [0.5, 0.6) is 11.5 Å². The molecule has 0 bridgehead atoms. The molecule has 3 aliphatic heterocycles. The molecule has 7 atom stereocenters. The van der Waals surface area contributed by atoms with Crippen molar-refractivity contribution in [2.24, 2.45) is 0 Å². The number of nitrogens with one attached hydrogen (secondary N) is 4. The number of rotatable bonds is 20. The number of esters is 1. The Hall–Kier alpha value is -4.27. The van der Waals surface area contributed by atoms with Crippen molar-refractivity contribution in [2.75, 3.05) is 31.4 Å². The molecule has 3 unspecified atom stereocenters. The fraction of sp³-hybridized carbons (Fsp3) is 0.419. The normalized spacial score (nSPS) is 18.0. The van der Waals surface area contributed by atoms with Gasteiger partial charge in [-0.2, -0.15) is 0 Å². The Balaban J connectivity index is 0.000000738. The number of ether oxygens (including phenoxy) is 2. The van der Waals surface area contributed by atoms with E-state index in [1.54, 1.807) is 56.3 Å². The minimum Gasteiger partial charge on any atom is -1.00 e. The minimum atomic E-state index is -1.63. The molecule has 0 aromatic heterocycles. The van der Waals surface area contributed by atoms with Gasteiger partial charge in [-0.3, -0.25) is 38.4 Å². The minimum absolute atomic E-state index is 0. The number of phenols is 1. The van der Waals surface area contributed by atoms with Crippen LogP contribution in [0.2, 0.25) is 0 Å². The van der Waals surface area contributed by atoms with E-state index in [9.17, 15) is 48.9 Å². The maximum absolute atomic E-state index is 13.7. The topological polar surface area (TPSA) is 303 Å². The summed E-state index contributed by atoms with van der Waals surface area (Å²) in [5, 5.41) is 52.1. The van der Waals surface area contributed by atoms with Crippen LogP contribution < -0.4 is 134 Å². The van der Waals surface area contributed by atoms with Crippen LogP contribution in [0.15, 0.2) is 122 Å². The van der Waals surface area contributed by atoms with Gasteiger partial charge in [0, 0.05) is 58.4 Å². The molecule has 3 saturated heterocycles. The third-order valence-corrected chi connectivity index (χ3v) is 16.8. The fourth-order valence-corrected chi connectivity index (χ4v) is 11.8. The van der Waals surface area contributed by atoms with Gasteiger partial charge in [-0.25, -0.2) is 0 Å². The number of aliphatic hydroxyl groups excluding tert-OH is 2. The van der Waals surface area contributed by atoms with E-state index in [2.05, 4.69) is 46.2 Å². The largest absolute Gasteiger partial charge is 1.00 e. The van der Waals surface area contributed by atoms with Gasteiger partial charge in [-0.15, -0.1) is 36.7 Å². The van der Waals surface area contributed by atoms with Crippen LogP contribution >= 0.6 is 23.5 Å². The predicted molar refractivity (Wildman–Crippen MR) is 324 cm³/mol. The van der Waals surface area contributed by atoms with Gasteiger partial charge in [0.2, 0.25) is 11.8 Å². The zero-order valence-electron chi connectivity index (χ0n) is 52.2. The van der Waals surface area contributed by atoms with Crippen LogP contribution in [0.4, 0.5) is 0 Å². The molecule has 4 aromatic carbocycles. The first-order chi connectivity index (χ1) is 40.3. The van der Waals surface area contributed by atoms with E-state index < -0.39 is 75.5 Å². The summed E-state index contributed by atoms with van der Waals surface area (Å²) in [6.45, 7) is 22.7. The average Bonchev–Trinajstić information content (AvgIpc) is 3.42. The van der Waals surface area contributed by atoms with Crippen molar-refractivity contribution in [3.63, 3.8) is 0 Å². The summed E-state index contributed by atoms with van der Waals surface area (Å²) in [5.41, 5.74) is 2.94. The molecule has 0 saturated carbocycles. The van der Waals surface area contributed by atoms with Gasteiger partial charge in [-0.05, 0) is 110 Å². The second-order valence-corrected chi connectivity index (χ2v) is 24.4. The van der Waals surface area contributed by atoms with E-state index in [1.807, 2.05) is 88.4 Å². The Labute approximate surface area is 604 Å². The predicted octanol–water partition coefficient (Wildman–Crippen LogP) is -1.27. The van der Waals surface area contributed by atoms with Crippen molar-refractivity contribution in [1.29, 1.82) is 0 Å². The Morgan fingerprint density at radius 3 is 1.48 bits per heavy atom. The van der Waals surface area contributed by atoms with Crippen molar-refractivity contribution in [3.8, 4) is 11.5 Å². The molecule has 6 amide bonds. The fourth-order valence-electron chi connectivity index (χ4n) is 9.49. The summed E-state index contributed by atoms with van der Waals surface area (Å²) in [6, 6.07) is 24.1. The van der Waals surface area contributed by atoms with E-state index in [-0.39, 0.29) is 183 Å². The molecule has 0 aliphatic carbocycles. The van der Waals surface area contributed by atoms with Crippen molar-refractivity contribution >= 4 is 71.4 Å². The third-order valence-electron chi connectivity index (χ3n) is 14.0. The van der Waals surface area contributed by atoms with Crippen LogP contribution in [0.1, 0.15) is 98.8 Å². The van der Waals surface area contributed by atoms with Crippen LogP contribution in [0.25, 0.3) is 0 Å². The smallest absolute Gasteiger partial charge is 1.00 e. The SMILES string of the molecule is C=CCNC(=O)C1N(C(=O)[C@@H](O)[C@H](Cc2ccccc2)NC(=O)c2cccc(O)c2C)CSC1(C)C.C=CCNC(=O)C1N(C(=O)[C@@H](O)[C@H](Cc2ccccc2)NC(=O)c2cccc(OC(C)=O)c2C)CSC1(C)C.CC1CCCO1.O=CO[O-].[H-].[K+].[K+]. The van der Waals surface area contributed by atoms with Gasteiger partial charge < -0.3 is 67.4 Å². The first kappa shape index (κ1) is 78.8. The molecule has 7 rings (SSSR count). The monoisotopic (exact) mass is 1290 g/mol. The Morgan fingerprint density at radius 2 is 1.13 bits per heavy atom. The van der Waals surface area contributed by atoms with Crippen LogP contribution in [0.3, 0.4) is 0 Å². The number of hydrogen-bond acceptors (Lipinski definition) is 17. The van der Waals surface area contributed by atoms with Gasteiger partial charge in [0.25, 0.3) is 30.1 Å². The zero-order chi connectivity index (χ0) is 63.0. The Morgan fingerprint density at radius 1 is 0.713 bits per heavy atom. The molecule has 3 aliphatic rings. The average molecular weight is 1290 g/mol. The molecule has 462 valence electrons. The number of aromatic hydroxyl groups is 1. The van der Waals surface area contributed by atoms with E-state index in [1.165, 1.54) is 59.2 Å². The standard InChI is InChI=1S/C29H35N3O6S.C27H33N3O5S.C5H10O.CH2O3.2K.H/c1-6-15-30-27(36)25-29(4,5)39-17-32(25)28(37)24(34)22(16-20-11-8-7-9-12-20)31-26(35)21-13-10-14-23(18(21)2)38-19(3)33;1-5-14-28-25(34)23-27(3,4)36-16-30(23)26(35)22(32)20(15-18-10-7-6-8-11-18)29-24(33)19-12-9-13-21(31)17(19)2;1-5-3-2-4-6-5;2-1-4-3;;;/h6-14,22,24-25,34H,1,15-17H2,2-5H3,(H,30,36)(H,31,35);5-13,20,22-23,31-32H,1,14-16H2,2-4H3,(H,28,34)(H,29,33);5H,2-4H2,1H3;1,3H;;;/q;;;;2*+1;-1/p-1/t22-,24-,25?;20-,22-,23?;;;;;/m00...../s1. The summed E-state index contributed by atoms with van der Waals surface area (Å²) in [6.07, 6.45) is 3.31. The first-order valence-electron chi connectivity index (χ1n) is 27.5. The van der Waals surface area contributed by atoms with Gasteiger partial charge in [-0.1, -0.05) is 84.9 Å². The number of benzene rings is 4. The van der Waals surface area contributed by atoms with Crippen molar-refractivity contribution < 1.29 is 177 Å². The quantitative estimate of drug-likeness (QED) is 0.0103. The van der Waals surface area contributed by atoms with Crippen LogP contribution in [0, 0.1) is 13.8 Å². The number of phenolic OH excluding ortho intramolecular Hbond substituents is 1. The molecule has 0 spiro atoms. The maximum atomic E-state index is 13.7. The third kappa shape index (κ3) is 23.8. The molecule has 25 heteroatoms. The number of amides is 6. The number of hydrogen-bond donors (Lipinski definition) is 7. The van der Waals surface area contributed by atoms with Gasteiger partial charge in [0.05, 0.1) is 29.9 Å². The van der Waals surface area contributed by atoms with E-state index in [0.717, 1.165) is 17.7 Å². The van der Waals surface area contributed by atoms with Gasteiger partial charge >= 0.3 is 109 Å². The molecule has 0 radical (unpaired) electrons. The first-order valence-corrected chi connectivity index (χ1v) is 29.4. The van der Waals surface area contributed by atoms with Gasteiger partial charge in [0.15, 0.2) is 12.2 Å². The van der Waals surface area contributed by atoms with E-state index in [4.69, 9.17) is 19.5 Å². The Bertz CT molecular complexity index is 2950. The zero-order valence-corrected chi connectivity index (χ0v) is 59.1. The van der Waals surface area contributed by atoms with Gasteiger partial charge in [0.1, 0.15) is 23.6 Å². The molecule has 87 heavy (non-hydrogen) atoms. The summed E-state index contributed by atoms with van der Waals surface area (Å²) < 4.78 is 9.19. The number of nitrogens with zero attached hydrogens (tertiary/aromatic N) is 2. The summed E-state index contributed by atoms with van der Waals surface area (Å²) >= 11 is 2.88. The maximum Gasteiger partial charge on any atom is 1.00 e. The number of carbonyl (C=O) groups is 8. The second kappa shape index (κ2) is 39.1. The van der Waals surface area contributed by atoms with Crippen molar-refractivity contribution in [2.45, 2.75) is 133 Å². The van der Waals surface area contributed by atoms with Crippen molar-refractivity contribution in [1.82, 2.24) is 31.1 Å². The molecule has 3 heterocycles. The number of carbonyl (C=O) groups excluding carboxylic acids is 8. The molecule has 21 nitrogen and oxygen atoms in total. The number of thioether (sulfide) groups is 2. The molecule has 4 aromatic rings. The van der Waals surface area contributed by atoms with Crippen LogP contribution in [-0.2, 0) is 51.2 Å². The second-order valence-electron chi connectivity index (χ2n) is 21.2. The summed E-state index contributed by atoms with van der Waals surface area (Å²) in [5.74, 6) is -2.87. The molecular formula is C62H80K2N6O15S2. The summed E-state index contributed by atoms with van der Waals surface area (Å²) in [4.78, 5) is 105. The van der Waals surface area contributed by atoms with E-state index >= 15 is 0 Å². The van der Waals surface area contributed by atoms with Crippen LogP contribution in [-0.4, -0.2) is 156 Å². The number of aliphatic hydroxyl groups is 2.